The minimum absolute atomic E-state index is 0.203. The second-order valence-corrected chi connectivity index (χ2v) is 7.67. The molecule has 3 aromatic rings. The molecule has 7 nitrogen and oxygen atoms in total. The highest BCUT2D eigenvalue weighted by Gasteiger charge is 2.37. The Morgan fingerprint density at radius 3 is 2.22 bits per heavy atom. The van der Waals surface area contributed by atoms with Crippen LogP contribution >= 0.6 is 0 Å². The summed E-state index contributed by atoms with van der Waals surface area (Å²) in [7, 11) is 0. The summed E-state index contributed by atoms with van der Waals surface area (Å²) in [5.74, 6) is -1.75. The Hall–Kier alpha value is -4.26. The largest absolute Gasteiger partial charge is 0.366 e. The molecule has 0 radical (unpaired) electrons. The van der Waals surface area contributed by atoms with Crippen molar-refractivity contribution in [3.8, 4) is 0 Å². The van der Waals surface area contributed by atoms with Crippen LogP contribution in [0, 0.1) is 13.8 Å². The Kier molecular flexibility index (Phi) is 5.32. The summed E-state index contributed by atoms with van der Waals surface area (Å²) in [4.78, 5) is 50.9. The average Bonchev–Trinajstić information content (AvgIpc) is 3.04. The minimum atomic E-state index is -0.521. The van der Waals surface area contributed by atoms with E-state index in [-0.39, 0.29) is 29.1 Å². The molecule has 0 aliphatic carbocycles. The van der Waals surface area contributed by atoms with Crippen LogP contribution < -0.4 is 16.0 Å². The standard InChI is InChI=1S/C25H21N3O4/c1-14-4-3-5-21(15(14)2)28-24(31)19-11-10-18(12-20(19)25(28)32)23(30)27-13-16-6-8-17(9-7-16)22(26)29/h3-12H,13H2,1-2H3,(H2,26,29)(H,27,30). The number of imide groups is 1. The molecule has 0 saturated carbocycles. The van der Waals surface area contributed by atoms with Crippen LogP contribution in [-0.4, -0.2) is 23.6 Å². The van der Waals surface area contributed by atoms with E-state index in [1.807, 2.05) is 19.9 Å². The van der Waals surface area contributed by atoms with Crippen LogP contribution in [0.25, 0.3) is 0 Å². The van der Waals surface area contributed by atoms with E-state index in [1.54, 1.807) is 36.4 Å². The average molecular weight is 427 g/mol. The van der Waals surface area contributed by atoms with Gasteiger partial charge in [0.1, 0.15) is 0 Å². The van der Waals surface area contributed by atoms with E-state index in [0.717, 1.165) is 21.6 Å². The van der Waals surface area contributed by atoms with Crippen molar-refractivity contribution >= 4 is 29.3 Å². The van der Waals surface area contributed by atoms with Gasteiger partial charge in [0.2, 0.25) is 5.91 Å². The first kappa shape index (κ1) is 21.0. The molecular weight excluding hydrogens is 406 g/mol. The number of carbonyl (C=O) groups is 4. The number of nitrogens with zero attached hydrogens (tertiary/aromatic N) is 1. The Labute approximate surface area is 184 Å². The van der Waals surface area contributed by atoms with E-state index in [2.05, 4.69) is 5.32 Å². The van der Waals surface area contributed by atoms with Crippen molar-refractivity contribution in [2.45, 2.75) is 20.4 Å². The molecule has 4 rings (SSSR count). The van der Waals surface area contributed by atoms with E-state index in [1.165, 1.54) is 18.2 Å². The predicted molar refractivity (Wildman–Crippen MR) is 120 cm³/mol. The Morgan fingerprint density at radius 1 is 0.875 bits per heavy atom. The van der Waals surface area contributed by atoms with Crippen molar-refractivity contribution in [1.29, 1.82) is 0 Å². The van der Waals surface area contributed by atoms with Gasteiger partial charge in [0.05, 0.1) is 16.8 Å². The zero-order valence-corrected chi connectivity index (χ0v) is 17.6. The number of aryl methyl sites for hydroxylation is 1. The molecule has 1 aliphatic heterocycles. The summed E-state index contributed by atoms with van der Waals surface area (Å²) in [6, 6.07) is 16.5. The molecule has 7 heteroatoms. The van der Waals surface area contributed by atoms with Gasteiger partial charge in [-0.25, -0.2) is 4.90 Å². The van der Waals surface area contributed by atoms with Gasteiger partial charge in [-0.1, -0.05) is 24.3 Å². The maximum atomic E-state index is 13.0. The summed E-state index contributed by atoms with van der Waals surface area (Å²) >= 11 is 0. The third kappa shape index (κ3) is 3.65. The van der Waals surface area contributed by atoms with Crippen molar-refractivity contribution in [2.24, 2.45) is 5.73 Å². The summed E-state index contributed by atoms with van der Waals surface area (Å²) in [6.07, 6.45) is 0. The molecule has 1 aliphatic rings. The number of nitrogens with two attached hydrogens (primary N) is 1. The lowest BCUT2D eigenvalue weighted by Crippen LogP contribution is -2.30. The number of hydrogen-bond acceptors (Lipinski definition) is 4. The fraction of sp³-hybridized carbons (Fsp3) is 0.120. The fourth-order valence-electron chi connectivity index (χ4n) is 3.65. The molecular formula is C25H21N3O4. The maximum absolute atomic E-state index is 13.0. The van der Waals surface area contributed by atoms with Gasteiger partial charge in [-0.15, -0.1) is 0 Å². The van der Waals surface area contributed by atoms with E-state index in [0.29, 0.717) is 11.3 Å². The summed E-state index contributed by atoms with van der Waals surface area (Å²) in [5.41, 5.74) is 9.52. The molecule has 32 heavy (non-hydrogen) atoms. The first-order valence-electron chi connectivity index (χ1n) is 10.0. The van der Waals surface area contributed by atoms with Crippen LogP contribution in [0.3, 0.4) is 0 Å². The van der Waals surface area contributed by atoms with Crippen LogP contribution in [-0.2, 0) is 6.54 Å². The molecule has 0 unspecified atom stereocenters. The molecule has 0 saturated heterocycles. The Bertz CT molecular complexity index is 1280. The smallest absolute Gasteiger partial charge is 0.266 e. The summed E-state index contributed by atoms with van der Waals surface area (Å²) < 4.78 is 0. The van der Waals surface area contributed by atoms with Gasteiger partial charge in [0.25, 0.3) is 17.7 Å². The van der Waals surface area contributed by atoms with Crippen molar-refractivity contribution in [2.75, 3.05) is 4.90 Å². The lowest BCUT2D eigenvalue weighted by atomic mass is 10.1. The number of anilines is 1. The number of hydrogen-bond donors (Lipinski definition) is 2. The van der Waals surface area contributed by atoms with Gasteiger partial charge in [0, 0.05) is 17.7 Å². The van der Waals surface area contributed by atoms with Gasteiger partial charge in [0.15, 0.2) is 0 Å². The van der Waals surface area contributed by atoms with Crippen molar-refractivity contribution in [3.63, 3.8) is 0 Å². The zero-order valence-electron chi connectivity index (χ0n) is 17.6. The molecule has 3 aromatic carbocycles. The molecule has 1 heterocycles. The number of primary amides is 1. The SMILES string of the molecule is Cc1cccc(N2C(=O)c3ccc(C(=O)NCc4ccc(C(N)=O)cc4)cc3C2=O)c1C. The highest BCUT2D eigenvalue weighted by molar-refractivity contribution is 6.35. The van der Waals surface area contributed by atoms with Crippen LogP contribution in [0.5, 0.6) is 0 Å². The quantitative estimate of drug-likeness (QED) is 0.610. The fourth-order valence-corrected chi connectivity index (χ4v) is 3.65. The molecule has 4 amide bonds. The predicted octanol–water partition coefficient (Wildman–Crippen LogP) is 3.13. The lowest BCUT2D eigenvalue weighted by Gasteiger charge is -2.17. The number of carbonyl (C=O) groups excluding carboxylic acids is 4. The topological polar surface area (TPSA) is 110 Å². The Morgan fingerprint density at radius 2 is 1.53 bits per heavy atom. The van der Waals surface area contributed by atoms with Gasteiger partial charge in [-0.2, -0.15) is 0 Å². The van der Waals surface area contributed by atoms with Crippen LogP contribution in [0.2, 0.25) is 0 Å². The minimum Gasteiger partial charge on any atom is -0.366 e. The third-order valence-electron chi connectivity index (χ3n) is 5.66. The zero-order chi connectivity index (χ0) is 23.0. The first-order valence-corrected chi connectivity index (χ1v) is 10.0. The van der Waals surface area contributed by atoms with Crippen molar-refractivity contribution < 1.29 is 19.2 Å². The highest BCUT2D eigenvalue weighted by atomic mass is 16.2. The number of nitrogens with one attached hydrogen (secondary N) is 1. The number of benzene rings is 3. The van der Waals surface area contributed by atoms with E-state index in [9.17, 15) is 19.2 Å². The second-order valence-electron chi connectivity index (χ2n) is 7.67. The highest BCUT2D eigenvalue weighted by Crippen LogP contribution is 2.32. The van der Waals surface area contributed by atoms with Gasteiger partial charge >= 0.3 is 0 Å². The van der Waals surface area contributed by atoms with E-state index < -0.39 is 17.7 Å². The van der Waals surface area contributed by atoms with Gasteiger partial charge < -0.3 is 11.1 Å². The number of rotatable bonds is 5. The monoisotopic (exact) mass is 427 g/mol. The lowest BCUT2D eigenvalue weighted by molar-refractivity contribution is 0.0922. The maximum Gasteiger partial charge on any atom is 0.266 e. The van der Waals surface area contributed by atoms with Crippen LogP contribution in [0.4, 0.5) is 5.69 Å². The molecule has 0 fully saturated rings. The number of fused-ring (bicyclic) bond motifs is 1. The molecule has 0 bridgehead atoms. The molecule has 3 N–H and O–H groups in total. The van der Waals surface area contributed by atoms with Crippen LogP contribution in [0.15, 0.2) is 60.7 Å². The number of amides is 4. The Balaban J connectivity index is 1.53. The van der Waals surface area contributed by atoms with E-state index in [4.69, 9.17) is 5.73 Å². The molecule has 160 valence electrons. The molecule has 0 atom stereocenters. The summed E-state index contributed by atoms with van der Waals surface area (Å²) in [5, 5.41) is 2.78. The van der Waals surface area contributed by atoms with E-state index >= 15 is 0 Å². The first-order chi connectivity index (χ1) is 15.3. The summed E-state index contributed by atoms with van der Waals surface area (Å²) in [6.45, 7) is 4.01. The van der Waals surface area contributed by atoms with Crippen molar-refractivity contribution in [3.05, 3.63) is 99.6 Å². The molecule has 0 aromatic heterocycles. The normalized spacial score (nSPS) is 12.6. The van der Waals surface area contributed by atoms with Gasteiger partial charge in [-0.3, -0.25) is 19.2 Å². The van der Waals surface area contributed by atoms with Crippen LogP contribution in [0.1, 0.15) is 58.1 Å². The third-order valence-corrected chi connectivity index (χ3v) is 5.66. The van der Waals surface area contributed by atoms with Gasteiger partial charge in [-0.05, 0) is 66.9 Å². The second kappa shape index (κ2) is 8.11. The molecule has 0 spiro atoms. The van der Waals surface area contributed by atoms with Crippen molar-refractivity contribution in [1.82, 2.24) is 5.32 Å².